The van der Waals surface area contributed by atoms with E-state index in [9.17, 15) is 33.1 Å². The van der Waals surface area contributed by atoms with Crippen molar-refractivity contribution in [2.24, 2.45) is 0 Å². The lowest BCUT2D eigenvalue weighted by Crippen LogP contribution is -2.33. The molecule has 0 radical (unpaired) electrons. The van der Waals surface area contributed by atoms with Crippen LogP contribution in [0.5, 0.6) is 5.75 Å². The van der Waals surface area contributed by atoms with Crippen molar-refractivity contribution in [2.45, 2.75) is 45.8 Å². The molecule has 1 aliphatic rings. The molecule has 14 heteroatoms. The van der Waals surface area contributed by atoms with Gasteiger partial charge in [-0.3, -0.25) is 14.3 Å². The second kappa shape index (κ2) is 12.5. The van der Waals surface area contributed by atoms with Gasteiger partial charge in [-0.15, -0.1) is 11.3 Å². The molecular formula is C33H27ClF3N5O4S. The fraction of sp³-hybridized carbons (Fsp3) is 0.303. The second-order valence-electron chi connectivity index (χ2n) is 11.2. The molecule has 0 amide bonds. The third-order valence-electron chi connectivity index (χ3n) is 8.19. The zero-order valence-corrected chi connectivity index (χ0v) is 26.8. The number of fused-ring (bicyclic) bond motifs is 2. The molecule has 0 spiro atoms. The normalized spacial score (nSPS) is 13.7. The third-order valence-corrected chi connectivity index (χ3v) is 9.42. The Bertz CT molecular complexity index is 2170. The van der Waals surface area contributed by atoms with E-state index in [-0.39, 0.29) is 46.7 Å². The molecule has 1 saturated heterocycles. The molecule has 3 aromatic heterocycles. The van der Waals surface area contributed by atoms with E-state index in [1.165, 1.54) is 28.2 Å². The highest BCUT2D eigenvalue weighted by Gasteiger charge is 2.38. The number of alkyl halides is 3. The molecule has 0 atom stereocenters. The third kappa shape index (κ3) is 5.99. The summed E-state index contributed by atoms with van der Waals surface area (Å²) in [6, 6.07) is 9.57. The molecule has 5 aromatic rings. The zero-order chi connectivity index (χ0) is 33.6. The van der Waals surface area contributed by atoms with Gasteiger partial charge in [0.2, 0.25) is 0 Å². The minimum Gasteiger partial charge on any atom is -0.491 e. The molecule has 47 heavy (non-hydrogen) atoms. The molecule has 0 aliphatic carbocycles. The fourth-order valence-corrected chi connectivity index (χ4v) is 7.27. The van der Waals surface area contributed by atoms with Crippen LogP contribution in [-0.2, 0) is 12.7 Å². The number of aromatic nitrogens is 3. The molecule has 0 unspecified atom stereocenters. The Hall–Kier alpha value is -4.67. The van der Waals surface area contributed by atoms with Gasteiger partial charge in [0.15, 0.2) is 0 Å². The van der Waals surface area contributed by atoms with Crippen LogP contribution in [0.4, 0.5) is 18.9 Å². The Morgan fingerprint density at radius 3 is 2.55 bits per heavy atom. The molecule has 242 valence electrons. The molecule has 1 aliphatic heterocycles. The van der Waals surface area contributed by atoms with Gasteiger partial charge >= 0.3 is 12.1 Å². The standard InChI is InChI=1S/C33H27ClF3N5O4S/c1-17-12-21(30-28(39-17)23(16-47-30)32(44)45)20-13-19(34)6-7-26(20)46-11-10-42-18(2)40-25-14-24(33(35,36)37)29(41-8-4-3-5-9-41)22(15-38)27(25)31(42)43/h6-7,12-14,16H,3-5,8-11H2,1-2H3,(H,44,45). The maximum atomic E-state index is 14.3. The number of nitriles is 1. The van der Waals surface area contributed by atoms with Gasteiger partial charge in [-0.1, -0.05) is 11.6 Å². The summed E-state index contributed by atoms with van der Waals surface area (Å²) in [5.74, 6) is -0.521. The molecule has 1 N–H and O–H groups in total. The summed E-state index contributed by atoms with van der Waals surface area (Å²) < 4.78 is 50.9. The molecule has 0 saturated carbocycles. The highest BCUT2D eigenvalue weighted by molar-refractivity contribution is 7.18. The number of hydrogen-bond donors (Lipinski definition) is 1. The molecule has 1 fully saturated rings. The Labute approximate surface area is 275 Å². The summed E-state index contributed by atoms with van der Waals surface area (Å²) in [4.78, 5) is 36.0. The van der Waals surface area contributed by atoms with Crippen molar-refractivity contribution in [2.75, 3.05) is 24.6 Å². The van der Waals surface area contributed by atoms with Crippen molar-refractivity contribution >= 4 is 55.7 Å². The number of pyridine rings is 1. The maximum Gasteiger partial charge on any atom is 0.418 e. The van der Waals surface area contributed by atoms with E-state index >= 15 is 0 Å². The van der Waals surface area contributed by atoms with Crippen molar-refractivity contribution in [1.82, 2.24) is 14.5 Å². The van der Waals surface area contributed by atoms with Gasteiger partial charge in [-0.25, -0.2) is 9.78 Å². The Morgan fingerprint density at radius 1 is 1.13 bits per heavy atom. The largest absolute Gasteiger partial charge is 0.491 e. The quantitative estimate of drug-likeness (QED) is 0.186. The maximum absolute atomic E-state index is 14.3. The van der Waals surface area contributed by atoms with E-state index in [1.54, 1.807) is 30.0 Å². The first-order valence-corrected chi connectivity index (χ1v) is 16.0. The Kier molecular flexibility index (Phi) is 8.59. The highest BCUT2D eigenvalue weighted by Crippen LogP contribution is 2.43. The number of hydrogen-bond acceptors (Lipinski definition) is 8. The average Bonchev–Trinajstić information content (AvgIpc) is 3.46. The summed E-state index contributed by atoms with van der Waals surface area (Å²) in [6.45, 7) is 3.90. The number of nitrogens with zero attached hydrogens (tertiary/aromatic N) is 5. The topological polar surface area (TPSA) is 121 Å². The minimum absolute atomic E-state index is 0.0203. The van der Waals surface area contributed by atoms with Crippen LogP contribution in [0.3, 0.4) is 0 Å². The number of carboxylic acids is 1. The van der Waals surface area contributed by atoms with Gasteiger partial charge in [0.05, 0.1) is 50.0 Å². The summed E-state index contributed by atoms with van der Waals surface area (Å²) >= 11 is 7.60. The van der Waals surface area contributed by atoms with Gasteiger partial charge in [0.1, 0.15) is 24.3 Å². The summed E-state index contributed by atoms with van der Waals surface area (Å²) in [6.07, 6.45) is -2.52. The van der Waals surface area contributed by atoms with E-state index < -0.39 is 23.3 Å². The van der Waals surface area contributed by atoms with Crippen LogP contribution in [0.2, 0.25) is 5.02 Å². The smallest absolute Gasteiger partial charge is 0.418 e. The van der Waals surface area contributed by atoms with Crippen LogP contribution in [0.25, 0.3) is 32.2 Å². The van der Waals surface area contributed by atoms with Crippen LogP contribution in [-0.4, -0.2) is 45.3 Å². The lowest BCUT2D eigenvalue weighted by Gasteiger charge is -2.32. The first-order chi connectivity index (χ1) is 22.4. The lowest BCUT2D eigenvalue weighted by molar-refractivity contribution is -0.137. The fourth-order valence-electron chi connectivity index (χ4n) is 6.09. The van der Waals surface area contributed by atoms with Gasteiger partial charge in [0.25, 0.3) is 5.56 Å². The van der Waals surface area contributed by atoms with Gasteiger partial charge in [-0.2, -0.15) is 18.4 Å². The Balaban J connectivity index is 1.39. The van der Waals surface area contributed by atoms with E-state index in [4.69, 9.17) is 16.3 Å². The van der Waals surface area contributed by atoms with Gasteiger partial charge < -0.3 is 14.7 Å². The van der Waals surface area contributed by atoms with Crippen LogP contribution >= 0.6 is 22.9 Å². The number of ether oxygens (including phenoxy) is 1. The first kappa shape index (κ1) is 32.3. The van der Waals surface area contributed by atoms with Crippen molar-refractivity contribution in [1.29, 1.82) is 5.26 Å². The molecule has 2 aromatic carbocycles. The van der Waals surface area contributed by atoms with Crippen molar-refractivity contribution in [3.8, 4) is 22.9 Å². The molecule has 0 bridgehead atoms. The summed E-state index contributed by atoms with van der Waals surface area (Å²) in [5.41, 5.74) is -0.135. The van der Waals surface area contributed by atoms with Crippen LogP contribution in [0.1, 0.15) is 52.3 Å². The minimum atomic E-state index is -4.75. The van der Waals surface area contributed by atoms with Crippen LogP contribution in [0, 0.1) is 25.2 Å². The first-order valence-electron chi connectivity index (χ1n) is 14.7. The Morgan fingerprint density at radius 2 is 1.87 bits per heavy atom. The van der Waals surface area contributed by atoms with Crippen molar-refractivity contribution in [3.05, 3.63) is 79.3 Å². The SMILES string of the molecule is Cc1cc(-c2cc(Cl)ccc2OCCn2c(C)nc3cc(C(F)(F)F)c(N4CCCCC4)c(C#N)c3c2=O)c2scc(C(=O)O)c2n1. The van der Waals surface area contributed by atoms with Gasteiger partial charge in [0, 0.05) is 40.3 Å². The summed E-state index contributed by atoms with van der Waals surface area (Å²) in [7, 11) is 0. The average molecular weight is 682 g/mol. The number of piperidine rings is 1. The predicted octanol–water partition coefficient (Wildman–Crippen LogP) is 7.60. The molecule has 6 rings (SSSR count). The number of thiophene rings is 1. The van der Waals surface area contributed by atoms with Crippen molar-refractivity contribution < 1.29 is 27.8 Å². The lowest BCUT2D eigenvalue weighted by atomic mass is 9.98. The van der Waals surface area contributed by atoms with E-state index in [0.29, 0.717) is 63.7 Å². The zero-order valence-electron chi connectivity index (χ0n) is 25.2. The number of rotatable bonds is 7. The van der Waals surface area contributed by atoms with E-state index in [2.05, 4.69) is 9.97 Å². The number of benzene rings is 2. The van der Waals surface area contributed by atoms with Crippen molar-refractivity contribution in [3.63, 3.8) is 0 Å². The number of carboxylic acid groups (broad SMARTS) is 1. The predicted molar refractivity (Wildman–Crippen MR) is 174 cm³/mol. The van der Waals surface area contributed by atoms with Crippen LogP contribution < -0.4 is 15.2 Å². The van der Waals surface area contributed by atoms with Gasteiger partial charge in [-0.05, 0) is 63.4 Å². The number of anilines is 1. The van der Waals surface area contributed by atoms with E-state index in [0.717, 1.165) is 12.5 Å². The molecule has 9 nitrogen and oxygen atoms in total. The monoisotopic (exact) mass is 681 g/mol. The summed E-state index contributed by atoms with van der Waals surface area (Å²) in [5, 5.41) is 21.6. The van der Waals surface area contributed by atoms with E-state index in [1.807, 2.05) is 12.1 Å². The number of carbonyl (C=O) groups is 1. The number of aryl methyl sites for hydroxylation is 2. The van der Waals surface area contributed by atoms with Crippen LogP contribution in [0.15, 0.2) is 40.5 Å². The number of halogens is 4. The second-order valence-corrected chi connectivity index (χ2v) is 12.6. The molecular weight excluding hydrogens is 655 g/mol. The molecule has 4 heterocycles. The highest BCUT2D eigenvalue weighted by atomic mass is 35.5. The number of aromatic carboxylic acids is 1.